The molecule has 0 saturated heterocycles. The fourth-order valence-corrected chi connectivity index (χ4v) is 3.12. The van der Waals surface area contributed by atoms with E-state index in [-0.39, 0.29) is 11.8 Å². The van der Waals surface area contributed by atoms with Crippen molar-refractivity contribution in [1.29, 1.82) is 0 Å². The molecule has 1 aliphatic heterocycles. The van der Waals surface area contributed by atoms with Crippen LogP contribution in [0.1, 0.15) is 17.3 Å². The van der Waals surface area contributed by atoms with E-state index in [4.69, 9.17) is 4.74 Å². The molecule has 2 aromatic rings. The Morgan fingerprint density at radius 3 is 2.57 bits per heavy atom. The van der Waals surface area contributed by atoms with Gasteiger partial charge in [-0.25, -0.2) is 0 Å². The Morgan fingerprint density at radius 1 is 1.00 bits per heavy atom. The van der Waals surface area contributed by atoms with E-state index in [9.17, 15) is 9.59 Å². The number of nitrogens with one attached hydrogen (secondary N) is 2. The van der Waals surface area contributed by atoms with Gasteiger partial charge in [0, 0.05) is 25.6 Å². The number of fused-ring (bicyclic) bond motifs is 2. The minimum Gasteiger partial charge on any atom is -0.455 e. The molecule has 0 fully saturated rings. The largest absolute Gasteiger partial charge is 0.455 e. The third-order valence-electron chi connectivity index (χ3n) is 3.28. The van der Waals surface area contributed by atoms with Crippen molar-refractivity contribution in [3.05, 3.63) is 48.0 Å². The van der Waals surface area contributed by atoms with E-state index in [1.165, 1.54) is 6.92 Å². The van der Waals surface area contributed by atoms with Crippen LogP contribution in [0.25, 0.3) is 0 Å². The van der Waals surface area contributed by atoms with E-state index in [2.05, 4.69) is 10.6 Å². The summed E-state index contributed by atoms with van der Waals surface area (Å²) in [5.41, 5.74) is 0.534. The summed E-state index contributed by atoms with van der Waals surface area (Å²) < 4.78 is 5.87. The van der Waals surface area contributed by atoms with E-state index < -0.39 is 0 Å². The van der Waals surface area contributed by atoms with Gasteiger partial charge in [0.15, 0.2) is 0 Å². The highest BCUT2D eigenvalue weighted by Crippen LogP contribution is 2.46. The van der Waals surface area contributed by atoms with Crippen LogP contribution in [0, 0.1) is 0 Å². The molecule has 2 amide bonds. The van der Waals surface area contributed by atoms with E-state index in [1.807, 2.05) is 30.3 Å². The zero-order valence-electron chi connectivity index (χ0n) is 12.6. The summed E-state index contributed by atoms with van der Waals surface area (Å²) in [6.07, 6.45) is 0. The van der Waals surface area contributed by atoms with Crippen LogP contribution in [0.3, 0.4) is 0 Å². The minimum atomic E-state index is -0.189. The topological polar surface area (TPSA) is 67.4 Å². The predicted octanol–water partition coefficient (Wildman–Crippen LogP) is 2.81. The molecule has 0 unspecified atom stereocenters. The highest BCUT2D eigenvalue weighted by molar-refractivity contribution is 7.99. The van der Waals surface area contributed by atoms with Crippen molar-refractivity contribution < 1.29 is 14.3 Å². The quantitative estimate of drug-likeness (QED) is 0.723. The van der Waals surface area contributed by atoms with Crippen molar-refractivity contribution in [2.45, 2.75) is 16.7 Å². The lowest BCUT2D eigenvalue weighted by Crippen LogP contribution is -2.33. The summed E-state index contributed by atoms with van der Waals surface area (Å²) in [6.45, 7) is 2.23. The first kappa shape index (κ1) is 15.4. The first-order chi connectivity index (χ1) is 11.1. The second-order valence-electron chi connectivity index (χ2n) is 5.05. The van der Waals surface area contributed by atoms with Gasteiger partial charge in [-0.1, -0.05) is 23.9 Å². The molecule has 1 aliphatic rings. The molecule has 2 aromatic carbocycles. The number of ether oxygens (including phenoxy) is 1. The molecule has 0 saturated carbocycles. The molecule has 0 atom stereocenters. The van der Waals surface area contributed by atoms with Gasteiger partial charge in [0.25, 0.3) is 5.91 Å². The highest BCUT2D eigenvalue weighted by atomic mass is 32.2. The molecule has 2 N–H and O–H groups in total. The van der Waals surface area contributed by atoms with Crippen molar-refractivity contribution in [2.75, 3.05) is 13.1 Å². The monoisotopic (exact) mass is 328 g/mol. The normalized spacial score (nSPS) is 11.7. The maximum absolute atomic E-state index is 12.1. The van der Waals surface area contributed by atoms with Crippen LogP contribution >= 0.6 is 11.8 Å². The fourth-order valence-electron chi connectivity index (χ4n) is 2.19. The number of rotatable bonds is 4. The molecule has 23 heavy (non-hydrogen) atoms. The third-order valence-corrected chi connectivity index (χ3v) is 4.39. The highest BCUT2D eigenvalue weighted by Gasteiger charge is 2.18. The van der Waals surface area contributed by atoms with Gasteiger partial charge in [-0.3, -0.25) is 9.59 Å². The van der Waals surface area contributed by atoms with Gasteiger partial charge in [0.2, 0.25) is 5.91 Å². The van der Waals surface area contributed by atoms with Gasteiger partial charge in [-0.15, -0.1) is 0 Å². The zero-order chi connectivity index (χ0) is 16.2. The molecule has 0 aliphatic carbocycles. The Balaban J connectivity index is 1.67. The van der Waals surface area contributed by atoms with Crippen molar-refractivity contribution in [2.24, 2.45) is 0 Å². The van der Waals surface area contributed by atoms with Gasteiger partial charge in [0.05, 0.1) is 9.79 Å². The molecule has 5 nitrogen and oxygen atoms in total. The molecule has 118 valence electrons. The summed E-state index contributed by atoms with van der Waals surface area (Å²) >= 11 is 1.62. The van der Waals surface area contributed by atoms with E-state index >= 15 is 0 Å². The lowest BCUT2D eigenvalue weighted by Gasteiger charge is -2.19. The zero-order valence-corrected chi connectivity index (χ0v) is 13.4. The molecule has 0 radical (unpaired) electrons. The number of carbonyl (C=O) groups excluding carboxylic acids is 2. The predicted molar refractivity (Wildman–Crippen MR) is 88.1 cm³/mol. The Morgan fingerprint density at radius 2 is 1.74 bits per heavy atom. The van der Waals surface area contributed by atoms with Gasteiger partial charge >= 0.3 is 0 Å². The van der Waals surface area contributed by atoms with Crippen molar-refractivity contribution >= 4 is 23.6 Å². The lowest BCUT2D eigenvalue weighted by molar-refractivity contribution is -0.118. The van der Waals surface area contributed by atoms with E-state index in [0.717, 1.165) is 15.5 Å². The average Bonchev–Trinajstić information content (AvgIpc) is 2.56. The third kappa shape index (κ3) is 3.65. The van der Waals surface area contributed by atoms with E-state index in [0.29, 0.717) is 24.4 Å². The SMILES string of the molecule is CC(=O)NCCNC(=O)c1ccc2c(c1)Oc1ccccc1S2. The Kier molecular flexibility index (Phi) is 4.52. The number of carbonyl (C=O) groups is 2. The minimum absolute atomic E-state index is 0.114. The number of benzene rings is 2. The number of amides is 2. The summed E-state index contributed by atoms with van der Waals surface area (Å²) in [4.78, 5) is 25.0. The maximum Gasteiger partial charge on any atom is 0.251 e. The first-order valence-corrected chi connectivity index (χ1v) is 8.06. The molecule has 0 bridgehead atoms. The Hall–Kier alpha value is -2.47. The Bertz CT molecular complexity index is 761. The van der Waals surface area contributed by atoms with Gasteiger partial charge in [0.1, 0.15) is 11.5 Å². The van der Waals surface area contributed by atoms with E-state index in [1.54, 1.807) is 23.9 Å². The average molecular weight is 328 g/mol. The van der Waals surface area contributed by atoms with Crippen molar-refractivity contribution in [3.8, 4) is 11.5 Å². The second kappa shape index (κ2) is 6.75. The van der Waals surface area contributed by atoms with Crippen LogP contribution in [0.4, 0.5) is 0 Å². The van der Waals surface area contributed by atoms with Crippen LogP contribution < -0.4 is 15.4 Å². The molecule has 3 rings (SSSR count). The first-order valence-electron chi connectivity index (χ1n) is 7.25. The number of para-hydroxylation sites is 1. The molecule has 0 aromatic heterocycles. The van der Waals surface area contributed by atoms with Crippen LogP contribution in [0.2, 0.25) is 0 Å². The molecular formula is C17H16N2O3S. The van der Waals surface area contributed by atoms with Gasteiger partial charge < -0.3 is 15.4 Å². The summed E-state index contributed by atoms with van der Waals surface area (Å²) in [6, 6.07) is 13.2. The smallest absolute Gasteiger partial charge is 0.251 e. The summed E-state index contributed by atoms with van der Waals surface area (Å²) in [5, 5.41) is 5.40. The number of hydrogen-bond donors (Lipinski definition) is 2. The van der Waals surface area contributed by atoms with Crippen molar-refractivity contribution in [1.82, 2.24) is 10.6 Å². The van der Waals surface area contributed by atoms with Crippen LogP contribution in [0.5, 0.6) is 11.5 Å². The second-order valence-corrected chi connectivity index (χ2v) is 6.14. The fraction of sp³-hybridized carbons (Fsp3) is 0.176. The van der Waals surface area contributed by atoms with Gasteiger partial charge in [-0.2, -0.15) is 0 Å². The lowest BCUT2D eigenvalue weighted by atomic mass is 10.2. The summed E-state index contributed by atoms with van der Waals surface area (Å²) in [7, 11) is 0. The van der Waals surface area contributed by atoms with Crippen LogP contribution in [0.15, 0.2) is 52.3 Å². The Labute approximate surface area is 138 Å². The van der Waals surface area contributed by atoms with Gasteiger partial charge in [-0.05, 0) is 30.3 Å². The standard InChI is InChI=1S/C17H16N2O3S/c1-11(20)18-8-9-19-17(21)12-6-7-16-14(10-12)22-13-4-2-3-5-15(13)23-16/h2-7,10H,8-9H2,1H3,(H,18,20)(H,19,21). The molecule has 1 heterocycles. The maximum atomic E-state index is 12.1. The van der Waals surface area contributed by atoms with Crippen LogP contribution in [-0.2, 0) is 4.79 Å². The van der Waals surface area contributed by atoms with Crippen LogP contribution in [-0.4, -0.2) is 24.9 Å². The molecule has 6 heteroatoms. The number of hydrogen-bond acceptors (Lipinski definition) is 4. The molecule has 0 spiro atoms. The summed E-state index contributed by atoms with van der Waals surface area (Å²) in [5.74, 6) is 1.18. The molecular weight excluding hydrogens is 312 g/mol. The van der Waals surface area contributed by atoms with Crippen molar-refractivity contribution in [3.63, 3.8) is 0 Å².